The molecule has 1 unspecified atom stereocenters. The monoisotopic (exact) mass is 331 g/mol. The molecule has 4 heteroatoms. The second-order valence-electron chi connectivity index (χ2n) is 5.38. The van der Waals surface area contributed by atoms with E-state index in [2.05, 4.69) is 15.9 Å². The number of thiophene rings is 1. The van der Waals surface area contributed by atoms with Crippen molar-refractivity contribution in [2.24, 2.45) is 11.1 Å². The molecule has 1 heterocycles. The molecule has 0 bridgehead atoms. The molecule has 0 radical (unpaired) electrons. The Bertz CT molecular complexity index is 372. The summed E-state index contributed by atoms with van der Waals surface area (Å²) in [7, 11) is 0. The highest BCUT2D eigenvalue weighted by molar-refractivity contribution is 9.11. The SMILES string of the molecule is NCC1(C(O)c2ccc(Br)s2)CCCCCCC1. The molecule has 1 aliphatic carbocycles. The molecular weight excluding hydrogens is 310 g/mol. The zero-order chi connectivity index (χ0) is 13.0. The van der Waals surface area contributed by atoms with Crippen molar-refractivity contribution in [1.29, 1.82) is 0 Å². The molecule has 3 N–H and O–H groups in total. The Balaban J connectivity index is 2.18. The lowest BCUT2D eigenvalue weighted by Crippen LogP contribution is -2.37. The van der Waals surface area contributed by atoms with E-state index in [0.717, 1.165) is 21.5 Å². The van der Waals surface area contributed by atoms with Gasteiger partial charge >= 0.3 is 0 Å². The van der Waals surface area contributed by atoms with Crippen LogP contribution in [0.1, 0.15) is 55.9 Å². The van der Waals surface area contributed by atoms with Crippen LogP contribution in [-0.4, -0.2) is 11.7 Å². The maximum atomic E-state index is 10.7. The van der Waals surface area contributed by atoms with Crippen LogP contribution in [0.25, 0.3) is 0 Å². The van der Waals surface area contributed by atoms with E-state index in [0.29, 0.717) is 6.54 Å². The molecule has 1 atom stereocenters. The van der Waals surface area contributed by atoms with Gasteiger partial charge in [0.25, 0.3) is 0 Å². The summed E-state index contributed by atoms with van der Waals surface area (Å²) in [5.41, 5.74) is 5.93. The molecule has 1 saturated carbocycles. The van der Waals surface area contributed by atoms with E-state index in [-0.39, 0.29) is 5.41 Å². The summed E-state index contributed by atoms with van der Waals surface area (Å²) in [6.07, 6.45) is 7.99. The minimum Gasteiger partial charge on any atom is -0.387 e. The largest absolute Gasteiger partial charge is 0.387 e. The molecule has 1 aromatic heterocycles. The standard InChI is InChI=1S/C14H22BrNOS/c15-12-7-6-11(18-12)13(17)14(10-16)8-4-2-1-3-5-9-14/h6-7,13,17H,1-5,8-10,16H2. The third kappa shape index (κ3) is 3.16. The van der Waals surface area contributed by atoms with Crippen LogP contribution < -0.4 is 5.73 Å². The highest BCUT2D eigenvalue weighted by Crippen LogP contribution is 2.45. The maximum Gasteiger partial charge on any atom is 0.0950 e. The molecule has 2 nitrogen and oxygen atoms in total. The van der Waals surface area contributed by atoms with E-state index in [1.54, 1.807) is 11.3 Å². The summed E-state index contributed by atoms with van der Waals surface area (Å²) in [4.78, 5) is 1.05. The molecule has 2 rings (SSSR count). The lowest BCUT2D eigenvalue weighted by molar-refractivity contribution is 0.0110. The van der Waals surface area contributed by atoms with Crippen LogP contribution in [0.5, 0.6) is 0 Å². The Labute approximate surface area is 122 Å². The molecule has 1 aromatic rings. The first-order valence-electron chi connectivity index (χ1n) is 6.81. The van der Waals surface area contributed by atoms with Crippen molar-refractivity contribution in [3.8, 4) is 0 Å². The van der Waals surface area contributed by atoms with Crippen LogP contribution in [0.2, 0.25) is 0 Å². The fourth-order valence-corrected chi connectivity index (χ4v) is 4.53. The van der Waals surface area contributed by atoms with Crippen molar-refractivity contribution in [3.63, 3.8) is 0 Å². The van der Waals surface area contributed by atoms with Gasteiger partial charge in [0, 0.05) is 16.8 Å². The number of nitrogens with two attached hydrogens (primary N) is 1. The van der Waals surface area contributed by atoms with Crippen molar-refractivity contribution in [1.82, 2.24) is 0 Å². The van der Waals surface area contributed by atoms with E-state index in [1.165, 1.54) is 32.1 Å². The highest BCUT2D eigenvalue weighted by Gasteiger charge is 2.37. The average molecular weight is 332 g/mol. The molecular formula is C14H22BrNOS. The third-order valence-corrected chi connectivity index (χ3v) is 5.88. The maximum absolute atomic E-state index is 10.7. The molecule has 102 valence electrons. The van der Waals surface area contributed by atoms with Crippen molar-refractivity contribution < 1.29 is 5.11 Å². The summed E-state index contributed by atoms with van der Waals surface area (Å²) >= 11 is 5.09. The molecule has 18 heavy (non-hydrogen) atoms. The van der Waals surface area contributed by atoms with E-state index < -0.39 is 6.10 Å². The Morgan fingerprint density at radius 2 is 1.83 bits per heavy atom. The van der Waals surface area contributed by atoms with Gasteiger partial charge in [0.1, 0.15) is 0 Å². The lowest BCUT2D eigenvalue weighted by atomic mass is 9.71. The first-order chi connectivity index (χ1) is 8.68. The van der Waals surface area contributed by atoms with Gasteiger partial charge in [-0.3, -0.25) is 0 Å². The minimum atomic E-state index is -0.406. The topological polar surface area (TPSA) is 46.2 Å². The summed E-state index contributed by atoms with van der Waals surface area (Å²) in [6.45, 7) is 0.587. The number of aliphatic hydroxyl groups is 1. The fraction of sp³-hybridized carbons (Fsp3) is 0.714. The number of aliphatic hydroxyl groups excluding tert-OH is 1. The van der Waals surface area contributed by atoms with Crippen LogP contribution in [0, 0.1) is 5.41 Å². The number of hydrogen-bond acceptors (Lipinski definition) is 3. The van der Waals surface area contributed by atoms with Gasteiger partial charge in [0.05, 0.1) is 9.89 Å². The first-order valence-corrected chi connectivity index (χ1v) is 8.42. The molecule has 0 spiro atoms. The van der Waals surface area contributed by atoms with E-state index in [9.17, 15) is 5.11 Å². The van der Waals surface area contributed by atoms with Crippen molar-refractivity contribution >= 4 is 27.3 Å². The van der Waals surface area contributed by atoms with Crippen LogP contribution in [-0.2, 0) is 0 Å². The van der Waals surface area contributed by atoms with E-state index >= 15 is 0 Å². The van der Waals surface area contributed by atoms with Gasteiger partial charge in [-0.1, -0.05) is 32.1 Å². The second-order valence-corrected chi connectivity index (χ2v) is 7.87. The quantitative estimate of drug-likeness (QED) is 0.870. The predicted octanol–water partition coefficient (Wildman–Crippen LogP) is 4.23. The molecule has 0 saturated heterocycles. The number of halogens is 1. The molecule has 0 aliphatic heterocycles. The van der Waals surface area contributed by atoms with Crippen LogP contribution >= 0.6 is 27.3 Å². The van der Waals surface area contributed by atoms with Gasteiger partial charge in [-0.25, -0.2) is 0 Å². The Morgan fingerprint density at radius 1 is 1.22 bits per heavy atom. The summed E-state index contributed by atoms with van der Waals surface area (Å²) in [5.74, 6) is 0. The predicted molar refractivity (Wildman–Crippen MR) is 80.8 cm³/mol. The van der Waals surface area contributed by atoms with Gasteiger partial charge in [0.2, 0.25) is 0 Å². The Hall–Kier alpha value is 0.1000. The van der Waals surface area contributed by atoms with Crippen LogP contribution in [0.3, 0.4) is 0 Å². The average Bonchev–Trinajstić information content (AvgIpc) is 2.76. The van der Waals surface area contributed by atoms with Crippen molar-refractivity contribution in [2.75, 3.05) is 6.54 Å². The zero-order valence-electron chi connectivity index (χ0n) is 10.7. The van der Waals surface area contributed by atoms with Crippen molar-refractivity contribution in [2.45, 2.75) is 51.0 Å². The van der Waals surface area contributed by atoms with Gasteiger partial charge in [-0.2, -0.15) is 0 Å². The molecule has 1 fully saturated rings. The van der Waals surface area contributed by atoms with Crippen LogP contribution in [0.4, 0.5) is 0 Å². The number of rotatable bonds is 3. The van der Waals surface area contributed by atoms with Gasteiger partial charge < -0.3 is 10.8 Å². The van der Waals surface area contributed by atoms with Gasteiger partial charge in [-0.05, 0) is 40.9 Å². The fourth-order valence-electron chi connectivity index (χ4n) is 2.98. The lowest BCUT2D eigenvalue weighted by Gasteiger charge is -2.38. The van der Waals surface area contributed by atoms with Crippen LogP contribution in [0.15, 0.2) is 15.9 Å². The van der Waals surface area contributed by atoms with Gasteiger partial charge in [0.15, 0.2) is 0 Å². The van der Waals surface area contributed by atoms with E-state index in [1.807, 2.05) is 12.1 Å². The van der Waals surface area contributed by atoms with Gasteiger partial charge in [-0.15, -0.1) is 11.3 Å². The Morgan fingerprint density at radius 3 is 2.33 bits per heavy atom. The van der Waals surface area contributed by atoms with Crippen molar-refractivity contribution in [3.05, 3.63) is 20.8 Å². The normalized spacial score (nSPS) is 22.2. The highest BCUT2D eigenvalue weighted by atomic mass is 79.9. The summed E-state index contributed by atoms with van der Waals surface area (Å²) in [5, 5.41) is 10.7. The zero-order valence-corrected chi connectivity index (χ0v) is 13.1. The summed E-state index contributed by atoms with van der Waals surface area (Å²) < 4.78 is 1.08. The first kappa shape index (κ1) is 14.5. The number of hydrogen-bond donors (Lipinski definition) is 2. The molecule has 0 aromatic carbocycles. The molecule has 1 aliphatic rings. The van der Waals surface area contributed by atoms with E-state index in [4.69, 9.17) is 5.73 Å². The molecule has 0 amide bonds. The Kier molecular flexibility index (Phi) is 5.24. The second kappa shape index (κ2) is 6.51. The third-order valence-electron chi connectivity index (χ3n) is 4.20. The smallest absolute Gasteiger partial charge is 0.0950 e. The summed E-state index contributed by atoms with van der Waals surface area (Å²) in [6, 6.07) is 4.03. The minimum absolute atomic E-state index is 0.106.